The van der Waals surface area contributed by atoms with Crippen molar-refractivity contribution >= 4 is 23.4 Å². The predicted octanol–water partition coefficient (Wildman–Crippen LogP) is 4.27. The van der Waals surface area contributed by atoms with Crippen molar-refractivity contribution in [2.45, 2.75) is 32.9 Å². The Morgan fingerprint density at radius 3 is 2.50 bits per heavy atom. The van der Waals surface area contributed by atoms with E-state index < -0.39 is 18.1 Å². The van der Waals surface area contributed by atoms with Gasteiger partial charge in [-0.2, -0.15) is 10.1 Å². The van der Waals surface area contributed by atoms with Gasteiger partial charge in [-0.3, -0.25) is 4.79 Å². The van der Waals surface area contributed by atoms with Crippen LogP contribution >= 0.6 is 0 Å². The van der Waals surface area contributed by atoms with Crippen molar-refractivity contribution in [3.63, 3.8) is 0 Å². The van der Waals surface area contributed by atoms with Crippen molar-refractivity contribution in [3.05, 3.63) is 77.9 Å². The number of hydrogen-bond acceptors (Lipinski definition) is 8. The number of cyclic esters (lactones) is 1. The van der Waals surface area contributed by atoms with Gasteiger partial charge in [-0.25, -0.2) is 14.8 Å². The molecule has 0 bridgehead atoms. The Kier molecular flexibility index (Phi) is 7.74. The first kappa shape index (κ1) is 24.6. The molecule has 3 aromatic rings. The molecular weight excluding hydrogens is 462 g/mol. The molecule has 1 aliphatic rings. The number of hydrogen-bond donors (Lipinski definition) is 1. The minimum Gasteiger partial charge on any atom is -0.493 e. The molecule has 2 aromatic carbocycles. The predicted molar refractivity (Wildman–Crippen MR) is 133 cm³/mol. The number of hydrazone groups is 1. The molecule has 10 heteroatoms. The maximum atomic E-state index is 12.7. The van der Waals surface area contributed by atoms with Crippen LogP contribution in [0.1, 0.15) is 42.0 Å². The van der Waals surface area contributed by atoms with Gasteiger partial charge in [-0.05, 0) is 55.3 Å². The highest BCUT2D eigenvalue weighted by molar-refractivity contribution is 6.06. The molecule has 186 valence electrons. The average molecular weight is 490 g/mol. The number of carbonyl (C=O) groups is 2. The Morgan fingerprint density at radius 2 is 1.83 bits per heavy atom. The van der Waals surface area contributed by atoms with Crippen LogP contribution in [0.5, 0.6) is 11.5 Å². The van der Waals surface area contributed by atoms with Crippen LogP contribution in [0.25, 0.3) is 0 Å². The highest BCUT2D eigenvalue weighted by atomic mass is 16.6. The van der Waals surface area contributed by atoms with Gasteiger partial charge >= 0.3 is 6.09 Å². The summed E-state index contributed by atoms with van der Waals surface area (Å²) in [5, 5.41) is 8.67. The summed E-state index contributed by atoms with van der Waals surface area (Å²) in [4.78, 5) is 32.8. The van der Waals surface area contributed by atoms with E-state index in [2.05, 4.69) is 20.4 Å². The van der Waals surface area contributed by atoms with Crippen LogP contribution < -0.4 is 14.8 Å². The summed E-state index contributed by atoms with van der Waals surface area (Å²) < 4.78 is 16.8. The number of anilines is 1. The van der Waals surface area contributed by atoms with Crippen molar-refractivity contribution in [1.29, 1.82) is 0 Å². The van der Waals surface area contributed by atoms with Crippen LogP contribution in [0.15, 0.2) is 66.0 Å². The van der Waals surface area contributed by atoms with Gasteiger partial charge in [0.2, 0.25) is 5.82 Å². The summed E-state index contributed by atoms with van der Waals surface area (Å²) in [7, 11) is 1.58. The number of benzene rings is 2. The van der Waals surface area contributed by atoms with Gasteiger partial charge in [-0.15, -0.1) is 0 Å². The maximum Gasteiger partial charge on any atom is 0.431 e. The van der Waals surface area contributed by atoms with E-state index in [1.54, 1.807) is 37.4 Å². The normalized spacial score (nSPS) is 15.1. The van der Waals surface area contributed by atoms with Crippen molar-refractivity contribution < 1.29 is 23.8 Å². The number of methoxy groups -OCH3 is 1. The first-order valence-electron chi connectivity index (χ1n) is 11.6. The van der Waals surface area contributed by atoms with Crippen LogP contribution in [-0.2, 0) is 11.3 Å². The second-order valence-corrected chi connectivity index (χ2v) is 7.85. The lowest BCUT2D eigenvalue weighted by molar-refractivity contribution is 0.0712. The number of rotatable bonds is 9. The minimum absolute atomic E-state index is 0.0795. The zero-order valence-electron chi connectivity index (χ0n) is 20.3. The molecule has 0 radical (unpaired) electrons. The maximum absolute atomic E-state index is 12.7. The van der Waals surface area contributed by atoms with Crippen molar-refractivity contribution in [3.8, 4) is 11.5 Å². The van der Waals surface area contributed by atoms with E-state index >= 15 is 0 Å². The first-order valence-corrected chi connectivity index (χ1v) is 11.6. The molecule has 1 atom stereocenters. The fraction of sp³-hybridized carbons (Fsp3) is 0.269. The molecular formula is C26H27N5O5. The Balaban J connectivity index is 1.52. The smallest absolute Gasteiger partial charge is 0.431 e. The molecule has 1 N–H and O–H groups in total. The van der Waals surface area contributed by atoms with Crippen LogP contribution in [0.2, 0.25) is 0 Å². The van der Waals surface area contributed by atoms with Gasteiger partial charge in [0.05, 0.1) is 20.3 Å². The molecule has 10 nitrogen and oxygen atoms in total. The Labute approximate surface area is 208 Å². The molecule has 1 unspecified atom stereocenters. The fourth-order valence-corrected chi connectivity index (χ4v) is 3.67. The lowest BCUT2D eigenvalue weighted by Gasteiger charge is -2.29. The van der Waals surface area contributed by atoms with Gasteiger partial charge in [0.1, 0.15) is 11.8 Å². The molecule has 0 fully saturated rings. The molecule has 2 heterocycles. The monoisotopic (exact) mass is 489 g/mol. The van der Waals surface area contributed by atoms with Crippen molar-refractivity contribution in [2.24, 2.45) is 5.10 Å². The average Bonchev–Trinajstić information content (AvgIpc) is 2.91. The van der Waals surface area contributed by atoms with Crippen LogP contribution in [0.4, 0.5) is 10.5 Å². The molecule has 1 aliphatic heterocycles. The zero-order chi connectivity index (χ0) is 25.5. The molecule has 1 aromatic heterocycles. The number of amides is 2. The summed E-state index contributed by atoms with van der Waals surface area (Å²) in [6.45, 7) is 4.55. The van der Waals surface area contributed by atoms with E-state index in [9.17, 15) is 9.59 Å². The number of aromatic nitrogens is 2. The third-order valence-electron chi connectivity index (χ3n) is 5.43. The van der Waals surface area contributed by atoms with E-state index in [0.29, 0.717) is 35.9 Å². The van der Waals surface area contributed by atoms with Crippen LogP contribution in [0, 0.1) is 0 Å². The minimum atomic E-state index is -0.526. The number of carbonyl (C=O) groups excluding carboxylic acids is 2. The number of nitrogens with one attached hydrogen (secondary N) is 1. The molecule has 2 amide bonds. The highest BCUT2D eigenvalue weighted by Gasteiger charge is 2.31. The van der Waals surface area contributed by atoms with Crippen molar-refractivity contribution in [1.82, 2.24) is 15.0 Å². The molecule has 36 heavy (non-hydrogen) atoms. The SMILES string of the molecule is CCOc1ccc(C2=NN(Cc3ccc(NC(=O)c4ncccn4)cc3)C(=O)OC2CC)cc1OC. The quantitative estimate of drug-likeness (QED) is 0.477. The fourth-order valence-electron chi connectivity index (χ4n) is 3.67. The molecule has 0 saturated heterocycles. The summed E-state index contributed by atoms with van der Waals surface area (Å²) in [6.07, 6.45) is 2.58. The van der Waals surface area contributed by atoms with E-state index in [1.165, 1.54) is 17.4 Å². The molecule has 4 rings (SSSR count). The Hall–Kier alpha value is -4.47. The van der Waals surface area contributed by atoms with Crippen LogP contribution in [-0.4, -0.2) is 52.5 Å². The molecule has 0 saturated carbocycles. The lowest BCUT2D eigenvalue weighted by atomic mass is 10.0. The van der Waals surface area contributed by atoms with Gasteiger partial charge < -0.3 is 19.5 Å². The first-order chi connectivity index (χ1) is 17.5. The van der Waals surface area contributed by atoms with Gasteiger partial charge in [0.15, 0.2) is 11.5 Å². The largest absolute Gasteiger partial charge is 0.493 e. The topological polar surface area (TPSA) is 115 Å². The van der Waals surface area contributed by atoms with E-state index in [0.717, 1.165) is 11.1 Å². The van der Waals surface area contributed by atoms with Gasteiger partial charge in [0, 0.05) is 23.6 Å². The lowest BCUT2D eigenvalue weighted by Crippen LogP contribution is -2.41. The highest BCUT2D eigenvalue weighted by Crippen LogP contribution is 2.30. The summed E-state index contributed by atoms with van der Waals surface area (Å²) in [6, 6.07) is 14.2. The Morgan fingerprint density at radius 1 is 1.08 bits per heavy atom. The zero-order valence-corrected chi connectivity index (χ0v) is 20.3. The van der Waals surface area contributed by atoms with E-state index in [-0.39, 0.29) is 12.4 Å². The number of ether oxygens (including phenoxy) is 3. The molecule has 0 aliphatic carbocycles. The second-order valence-electron chi connectivity index (χ2n) is 7.85. The van der Waals surface area contributed by atoms with E-state index in [4.69, 9.17) is 14.2 Å². The van der Waals surface area contributed by atoms with Gasteiger partial charge in [-0.1, -0.05) is 19.1 Å². The summed E-state index contributed by atoms with van der Waals surface area (Å²) >= 11 is 0. The third-order valence-corrected chi connectivity index (χ3v) is 5.43. The summed E-state index contributed by atoms with van der Waals surface area (Å²) in [5.41, 5.74) is 2.79. The van der Waals surface area contributed by atoms with Gasteiger partial charge in [0.25, 0.3) is 5.91 Å². The Bertz CT molecular complexity index is 1250. The summed E-state index contributed by atoms with van der Waals surface area (Å²) in [5.74, 6) is 0.881. The second kappa shape index (κ2) is 11.3. The third kappa shape index (κ3) is 5.60. The standard InChI is InChI=1S/C26H27N5O5/c1-4-20-23(18-9-12-21(35-5-2)22(15-18)34-3)30-31(26(33)36-20)16-17-7-10-19(11-8-17)29-25(32)24-27-13-6-14-28-24/h6-15,20H,4-5,16H2,1-3H3,(H,29,32). The van der Waals surface area contributed by atoms with Crippen LogP contribution in [0.3, 0.4) is 0 Å². The van der Waals surface area contributed by atoms with Crippen molar-refractivity contribution in [2.75, 3.05) is 19.0 Å². The molecule has 0 spiro atoms. The van der Waals surface area contributed by atoms with E-state index in [1.807, 2.05) is 32.0 Å². The number of nitrogens with zero attached hydrogens (tertiary/aromatic N) is 4.